The SMILES string of the molecule is NC(=O)Cc1csc(NC(=O)C2CCCc3sc(NC(=O)c4ccc5c(c4)OCO5)nc32)n1. The molecular weight excluding hydrogens is 466 g/mol. The quantitative estimate of drug-likeness (QED) is 0.486. The van der Waals surface area contributed by atoms with Gasteiger partial charge in [-0.25, -0.2) is 9.97 Å². The molecule has 3 amide bonds. The maximum atomic E-state index is 12.9. The second kappa shape index (κ2) is 8.79. The van der Waals surface area contributed by atoms with E-state index in [-0.39, 0.29) is 25.0 Å². The Bertz CT molecular complexity index is 1250. The number of aromatic nitrogens is 2. The number of amides is 3. The van der Waals surface area contributed by atoms with Gasteiger partial charge in [-0.15, -0.1) is 22.7 Å². The summed E-state index contributed by atoms with van der Waals surface area (Å²) < 4.78 is 10.6. The predicted octanol–water partition coefficient (Wildman–Crippen LogP) is 2.67. The Morgan fingerprint density at radius 1 is 1.12 bits per heavy atom. The highest BCUT2D eigenvalue weighted by molar-refractivity contribution is 7.16. The van der Waals surface area contributed by atoms with Gasteiger partial charge < -0.3 is 20.5 Å². The predicted molar refractivity (Wildman–Crippen MR) is 122 cm³/mol. The van der Waals surface area contributed by atoms with E-state index < -0.39 is 11.8 Å². The van der Waals surface area contributed by atoms with Crippen molar-refractivity contribution in [1.29, 1.82) is 0 Å². The number of aryl methyl sites for hydroxylation is 1. The van der Waals surface area contributed by atoms with Gasteiger partial charge in [0.15, 0.2) is 21.8 Å². The van der Waals surface area contributed by atoms with Gasteiger partial charge >= 0.3 is 0 Å². The Labute approximate surface area is 196 Å². The Morgan fingerprint density at radius 3 is 2.82 bits per heavy atom. The molecule has 1 aliphatic carbocycles. The molecule has 0 saturated carbocycles. The molecular formula is C21H19N5O5S2. The van der Waals surface area contributed by atoms with Crippen LogP contribution in [0.25, 0.3) is 0 Å². The van der Waals surface area contributed by atoms with Crippen LogP contribution in [0.1, 0.15) is 45.4 Å². The number of hydrogen-bond acceptors (Lipinski definition) is 9. The normalized spacial score (nSPS) is 16.2. The van der Waals surface area contributed by atoms with E-state index >= 15 is 0 Å². The van der Waals surface area contributed by atoms with Crippen molar-refractivity contribution >= 4 is 50.7 Å². The lowest BCUT2D eigenvalue weighted by atomic mass is 9.90. The second-order valence-corrected chi connectivity index (χ2v) is 9.51. The number of carbonyl (C=O) groups excluding carboxylic acids is 3. The molecule has 12 heteroatoms. The third kappa shape index (κ3) is 4.52. The lowest BCUT2D eigenvalue weighted by molar-refractivity contribution is -0.118. The van der Waals surface area contributed by atoms with Crippen molar-refractivity contribution in [2.75, 3.05) is 17.4 Å². The van der Waals surface area contributed by atoms with Crippen LogP contribution in [-0.4, -0.2) is 34.5 Å². The van der Waals surface area contributed by atoms with Crippen LogP contribution in [0.5, 0.6) is 11.5 Å². The van der Waals surface area contributed by atoms with E-state index in [1.807, 2.05) is 0 Å². The number of thiazole rings is 2. The first-order valence-corrected chi connectivity index (χ1v) is 11.9. The van der Waals surface area contributed by atoms with Crippen LogP contribution in [0.2, 0.25) is 0 Å². The molecule has 10 nitrogen and oxygen atoms in total. The third-order valence-corrected chi connectivity index (χ3v) is 7.12. The number of nitrogens with two attached hydrogens (primary N) is 1. The molecule has 33 heavy (non-hydrogen) atoms. The number of fused-ring (bicyclic) bond motifs is 2. The van der Waals surface area contributed by atoms with E-state index in [1.54, 1.807) is 23.6 Å². The van der Waals surface area contributed by atoms with Crippen LogP contribution in [0, 0.1) is 0 Å². The maximum absolute atomic E-state index is 12.9. The molecule has 0 bridgehead atoms. The Hall–Kier alpha value is -3.51. The molecule has 170 valence electrons. The number of ether oxygens (including phenoxy) is 2. The van der Waals surface area contributed by atoms with Gasteiger partial charge in [0.25, 0.3) is 5.91 Å². The molecule has 1 unspecified atom stereocenters. The smallest absolute Gasteiger partial charge is 0.257 e. The first kappa shape index (κ1) is 21.3. The Morgan fingerprint density at radius 2 is 1.97 bits per heavy atom. The van der Waals surface area contributed by atoms with Crippen LogP contribution in [0.15, 0.2) is 23.6 Å². The van der Waals surface area contributed by atoms with Gasteiger partial charge in [-0.05, 0) is 37.5 Å². The monoisotopic (exact) mass is 485 g/mol. The third-order valence-electron chi connectivity index (χ3n) is 5.26. The van der Waals surface area contributed by atoms with Crippen molar-refractivity contribution in [3.8, 4) is 11.5 Å². The van der Waals surface area contributed by atoms with Crippen LogP contribution in [0.3, 0.4) is 0 Å². The summed E-state index contributed by atoms with van der Waals surface area (Å²) in [5, 5.41) is 8.19. The summed E-state index contributed by atoms with van der Waals surface area (Å²) in [4.78, 5) is 46.5. The Balaban J connectivity index is 1.28. The topological polar surface area (TPSA) is 146 Å². The molecule has 2 aliphatic rings. The summed E-state index contributed by atoms with van der Waals surface area (Å²) in [7, 11) is 0. The molecule has 0 radical (unpaired) electrons. The molecule has 1 aliphatic heterocycles. The number of nitrogens with zero attached hydrogens (tertiary/aromatic N) is 2. The molecule has 4 N–H and O–H groups in total. The Kier molecular flexibility index (Phi) is 5.68. The first-order valence-electron chi connectivity index (χ1n) is 10.2. The maximum Gasteiger partial charge on any atom is 0.257 e. The fourth-order valence-corrected chi connectivity index (χ4v) is 5.52. The summed E-state index contributed by atoms with van der Waals surface area (Å²) in [5.41, 5.74) is 6.82. The van der Waals surface area contributed by atoms with Gasteiger partial charge in [0, 0.05) is 15.8 Å². The van der Waals surface area contributed by atoms with Gasteiger partial charge in [0.2, 0.25) is 18.6 Å². The summed E-state index contributed by atoms with van der Waals surface area (Å²) >= 11 is 2.62. The fraction of sp³-hybridized carbons (Fsp3) is 0.286. The van der Waals surface area contributed by atoms with Crippen molar-refractivity contribution in [3.63, 3.8) is 0 Å². The second-order valence-electron chi connectivity index (χ2n) is 7.57. The van der Waals surface area contributed by atoms with Crippen molar-refractivity contribution in [3.05, 3.63) is 45.4 Å². The standard InChI is InChI=1S/C21H19N5O5S2/c22-16(27)7-11-8-32-20(23-11)26-19(29)12-2-1-3-15-17(12)24-21(33-15)25-18(28)10-4-5-13-14(6-10)31-9-30-13/h4-6,8,12H,1-3,7,9H2,(H2,22,27)(H,23,26,29)(H,24,25,28). The number of hydrogen-bond donors (Lipinski definition) is 3. The highest BCUT2D eigenvalue weighted by Gasteiger charge is 2.31. The van der Waals surface area contributed by atoms with Crippen LogP contribution in [0.4, 0.5) is 10.3 Å². The molecule has 5 rings (SSSR count). The summed E-state index contributed by atoms with van der Waals surface area (Å²) in [5.74, 6) is -0.316. The van der Waals surface area contributed by atoms with Gasteiger partial charge in [-0.1, -0.05) is 0 Å². The van der Waals surface area contributed by atoms with Crippen molar-refractivity contribution in [1.82, 2.24) is 9.97 Å². The summed E-state index contributed by atoms with van der Waals surface area (Å²) in [6, 6.07) is 4.98. The number of benzene rings is 1. The van der Waals surface area contributed by atoms with Crippen molar-refractivity contribution < 1.29 is 23.9 Å². The summed E-state index contributed by atoms with van der Waals surface area (Å²) in [6.45, 7) is 0.135. The number of anilines is 2. The molecule has 0 fully saturated rings. The minimum Gasteiger partial charge on any atom is -0.454 e. The van der Waals surface area contributed by atoms with Crippen molar-refractivity contribution in [2.24, 2.45) is 5.73 Å². The highest BCUT2D eigenvalue weighted by atomic mass is 32.1. The van der Waals surface area contributed by atoms with Gasteiger partial charge in [0.05, 0.1) is 23.7 Å². The average Bonchev–Trinajstić information content (AvgIpc) is 3.51. The molecule has 3 aromatic rings. The number of carbonyl (C=O) groups is 3. The van der Waals surface area contributed by atoms with Gasteiger partial charge in [0.1, 0.15) is 0 Å². The van der Waals surface area contributed by atoms with E-state index in [4.69, 9.17) is 15.2 Å². The average molecular weight is 486 g/mol. The van der Waals surface area contributed by atoms with Crippen molar-refractivity contribution in [2.45, 2.75) is 31.6 Å². The van der Waals surface area contributed by atoms with Crippen LogP contribution < -0.4 is 25.8 Å². The lowest BCUT2D eigenvalue weighted by Crippen LogP contribution is -2.24. The van der Waals surface area contributed by atoms with E-state index in [1.165, 1.54) is 22.7 Å². The zero-order valence-electron chi connectivity index (χ0n) is 17.3. The number of rotatable bonds is 6. The zero-order chi connectivity index (χ0) is 22.9. The van der Waals surface area contributed by atoms with E-state index in [0.717, 1.165) is 17.7 Å². The first-order chi connectivity index (χ1) is 16.0. The minimum atomic E-state index is -0.479. The largest absolute Gasteiger partial charge is 0.454 e. The van der Waals surface area contributed by atoms with Crippen LogP contribution in [-0.2, 0) is 22.4 Å². The summed E-state index contributed by atoms with van der Waals surface area (Å²) in [6.07, 6.45) is 2.32. The minimum absolute atomic E-state index is 0.0263. The molecule has 0 spiro atoms. The van der Waals surface area contributed by atoms with Gasteiger partial charge in [-0.2, -0.15) is 0 Å². The molecule has 0 saturated heterocycles. The molecule has 3 heterocycles. The fourth-order valence-electron chi connectivity index (χ4n) is 3.75. The molecule has 1 aromatic carbocycles. The molecule has 2 aromatic heterocycles. The highest BCUT2D eigenvalue weighted by Crippen LogP contribution is 2.38. The lowest BCUT2D eigenvalue weighted by Gasteiger charge is -2.19. The van der Waals surface area contributed by atoms with E-state index in [9.17, 15) is 14.4 Å². The van der Waals surface area contributed by atoms with Crippen LogP contribution >= 0.6 is 22.7 Å². The number of nitrogens with one attached hydrogen (secondary N) is 2. The van der Waals surface area contributed by atoms with E-state index in [2.05, 4.69) is 20.6 Å². The molecule has 1 atom stereocenters. The van der Waals surface area contributed by atoms with Gasteiger partial charge in [-0.3, -0.25) is 19.7 Å². The number of primary amides is 1. The van der Waals surface area contributed by atoms with E-state index in [0.29, 0.717) is 45.1 Å². The zero-order valence-corrected chi connectivity index (χ0v) is 18.9.